The highest BCUT2D eigenvalue weighted by Crippen LogP contribution is 2.37. The normalized spacial score (nSPS) is 25.2. The van der Waals surface area contributed by atoms with Gasteiger partial charge >= 0.3 is 5.97 Å². The third kappa shape index (κ3) is 3.95. The lowest BCUT2D eigenvalue weighted by atomic mass is 9.94. The van der Waals surface area contributed by atoms with Crippen LogP contribution in [-0.4, -0.2) is 47.9 Å². The standard InChI is InChI=1S/C14H24N2O4/c1-4-5-16(8-12(17)15-3)13(18)10-6-9(2)7-11(10)14(19)20/h9-11H,4-8H2,1-3H3,(H,15,17)(H,19,20)/t9?,10-,11+/m0/s1. The van der Waals surface area contributed by atoms with Gasteiger partial charge in [0.05, 0.1) is 18.4 Å². The summed E-state index contributed by atoms with van der Waals surface area (Å²) in [5.74, 6) is -2.24. The molecule has 3 atom stereocenters. The van der Waals surface area contributed by atoms with Crippen molar-refractivity contribution in [2.45, 2.75) is 33.1 Å². The molecule has 114 valence electrons. The van der Waals surface area contributed by atoms with E-state index in [0.29, 0.717) is 19.4 Å². The van der Waals surface area contributed by atoms with Crippen LogP contribution in [0.1, 0.15) is 33.1 Å². The highest BCUT2D eigenvalue weighted by molar-refractivity contribution is 5.89. The van der Waals surface area contributed by atoms with Crippen LogP contribution in [0.15, 0.2) is 0 Å². The fraction of sp³-hybridized carbons (Fsp3) is 0.786. The number of nitrogens with one attached hydrogen (secondary N) is 1. The first kappa shape index (κ1) is 16.5. The molecule has 2 N–H and O–H groups in total. The predicted octanol–water partition coefficient (Wildman–Crippen LogP) is 0.718. The molecule has 1 aliphatic rings. The van der Waals surface area contributed by atoms with Gasteiger partial charge in [0.2, 0.25) is 11.8 Å². The van der Waals surface area contributed by atoms with Gasteiger partial charge in [0, 0.05) is 13.6 Å². The van der Waals surface area contributed by atoms with Crippen molar-refractivity contribution in [3.8, 4) is 0 Å². The van der Waals surface area contributed by atoms with Crippen molar-refractivity contribution in [3.05, 3.63) is 0 Å². The number of aliphatic carboxylic acids is 1. The van der Waals surface area contributed by atoms with Crippen molar-refractivity contribution in [2.75, 3.05) is 20.1 Å². The van der Waals surface area contributed by atoms with E-state index in [1.165, 1.54) is 11.9 Å². The number of carboxylic acids is 1. The molecule has 0 heterocycles. The number of nitrogens with zero attached hydrogens (tertiary/aromatic N) is 1. The Morgan fingerprint density at radius 2 is 1.85 bits per heavy atom. The maximum Gasteiger partial charge on any atom is 0.307 e. The van der Waals surface area contributed by atoms with Gasteiger partial charge in [-0.05, 0) is 25.2 Å². The van der Waals surface area contributed by atoms with Crippen molar-refractivity contribution in [2.24, 2.45) is 17.8 Å². The minimum atomic E-state index is -0.913. The third-order valence-electron chi connectivity index (χ3n) is 3.85. The fourth-order valence-corrected chi connectivity index (χ4v) is 2.86. The van der Waals surface area contributed by atoms with E-state index in [-0.39, 0.29) is 24.3 Å². The zero-order chi connectivity index (χ0) is 15.3. The van der Waals surface area contributed by atoms with Gasteiger partial charge in [0.15, 0.2) is 0 Å². The Morgan fingerprint density at radius 1 is 1.25 bits per heavy atom. The first-order chi connectivity index (χ1) is 9.40. The number of hydrogen-bond donors (Lipinski definition) is 2. The van der Waals surface area contributed by atoms with Gasteiger partial charge < -0.3 is 15.3 Å². The molecule has 0 aromatic carbocycles. The van der Waals surface area contributed by atoms with Crippen molar-refractivity contribution in [3.63, 3.8) is 0 Å². The molecule has 0 bridgehead atoms. The number of rotatable bonds is 6. The van der Waals surface area contributed by atoms with Crippen LogP contribution in [0.3, 0.4) is 0 Å². The number of amides is 2. The van der Waals surface area contributed by atoms with E-state index in [0.717, 1.165) is 6.42 Å². The molecular formula is C14H24N2O4. The van der Waals surface area contributed by atoms with E-state index in [4.69, 9.17) is 0 Å². The molecule has 1 rings (SSSR count). The second kappa shape index (κ2) is 7.26. The van der Waals surface area contributed by atoms with E-state index in [2.05, 4.69) is 5.32 Å². The lowest BCUT2D eigenvalue weighted by molar-refractivity contribution is -0.149. The van der Waals surface area contributed by atoms with E-state index < -0.39 is 17.8 Å². The van der Waals surface area contributed by atoms with Crippen molar-refractivity contribution >= 4 is 17.8 Å². The van der Waals surface area contributed by atoms with Crippen molar-refractivity contribution < 1.29 is 19.5 Å². The summed E-state index contributed by atoms with van der Waals surface area (Å²) in [5, 5.41) is 11.7. The number of carbonyl (C=O) groups is 3. The van der Waals surface area contributed by atoms with Crippen LogP contribution < -0.4 is 5.32 Å². The molecule has 1 unspecified atom stereocenters. The molecule has 6 heteroatoms. The van der Waals surface area contributed by atoms with E-state index in [1.807, 2.05) is 13.8 Å². The van der Waals surface area contributed by atoms with Gasteiger partial charge in [-0.2, -0.15) is 0 Å². The van der Waals surface area contributed by atoms with Crippen LogP contribution in [0.4, 0.5) is 0 Å². The summed E-state index contributed by atoms with van der Waals surface area (Å²) >= 11 is 0. The monoisotopic (exact) mass is 284 g/mol. The Kier molecular flexibility index (Phi) is 5.98. The summed E-state index contributed by atoms with van der Waals surface area (Å²) in [6.45, 7) is 4.37. The molecule has 0 spiro atoms. The summed E-state index contributed by atoms with van der Waals surface area (Å²) in [5.41, 5.74) is 0. The maximum absolute atomic E-state index is 12.5. The molecule has 1 aliphatic carbocycles. The van der Waals surface area contributed by atoms with Gasteiger partial charge in [0.25, 0.3) is 0 Å². The highest BCUT2D eigenvalue weighted by atomic mass is 16.4. The van der Waals surface area contributed by atoms with Crippen molar-refractivity contribution in [1.82, 2.24) is 10.2 Å². The van der Waals surface area contributed by atoms with Crippen LogP contribution in [0.5, 0.6) is 0 Å². The Labute approximate surface area is 119 Å². The summed E-state index contributed by atoms with van der Waals surface area (Å²) in [7, 11) is 1.52. The van der Waals surface area contributed by atoms with E-state index >= 15 is 0 Å². The lowest BCUT2D eigenvalue weighted by Crippen LogP contribution is -2.44. The van der Waals surface area contributed by atoms with E-state index in [1.54, 1.807) is 0 Å². The zero-order valence-electron chi connectivity index (χ0n) is 12.4. The molecule has 1 saturated carbocycles. The minimum Gasteiger partial charge on any atom is -0.481 e. The quantitative estimate of drug-likeness (QED) is 0.752. The van der Waals surface area contributed by atoms with Crippen molar-refractivity contribution in [1.29, 1.82) is 0 Å². The summed E-state index contributed by atoms with van der Waals surface area (Å²) < 4.78 is 0. The molecule has 0 radical (unpaired) electrons. The number of likely N-dealkylation sites (N-methyl/N-ethyl adjacent to an activating group) is 1. The van der Waals surface area contributed by atoms with Gasteiger partial charge in [-0.3, -0.25) is 14.4 Å². The molecule has 2 amide bonds. The molecule has 0 aromatic heterocycles. The van der Waals surface area contributed by atoms with Gasteiger partial charge in [0.1, 0.15) is 0 Å². The second-order valence-corrected chi connectivity index (χ2v) is 5.56. The Hall–Kier alpha value is -1.59. The first-order valence-electron chi connectivity index (χ1n) is 7.12. The number of carbonyl (C=O) groups excluding carboxylic acids is 2. The molecule has 0 saturated heterocycles. The molecular weight excluding hydrogens is 260 g/mol. The van der Waals surface area contributed by atoms with Crippen LogP contribution in [-0.2, 0) is 14.4 Å². The van der Waals surface area contributed by atoms with Gasteiger partial charge in [-0.25, -0.2) is 0 Å². The lowest BCUT2D eigenvalue weighted by Gasteiger charge is -2.26. The third-order valence-corrected chi connectivity index (χ3v) is 3.85. The number of hydrogen-bond acceptors (Lipinski definition) is 3. The average Bonchev–Trinajstić information content (AvgIpc) is 2.79. The summed E-state index contributed by atoms with van der Waals surface area (Å²) in [6.07, 6.45) is 1.86. The zero-order valence-corrected chi connectivity index (χ0v) is 12.4. The van der Waals surface area contributed by atoms with Crippen LogP contribution in [0.25, 0.3) is 0 Å². The van der Waals surface area contributed by atoms with Gasteiger partial charge in [-0.15, -0.1) is 0 Å². The fourth-order valence-electron chi connectivity index (χ4n) is 2.86. The average molecular weight is 284 g/mol. The van der Waals surface area contributed by atoms with Crippen LogP contribution in [0, 0.1) is 17.8 Å². The smallest absolute Gasteiger partial charge is 0.307 e. The first-order valence-corrected chi connectivity index (χ1v) is 7.12. The summed E-state index contributed by atoms with van der Waals surface area (Å²) in [4.78, 5) is 36.8. The maximum atomic E-state index is 12.5. The minimum absolute atomic E-state index is 0.000390. The van der Waals surface area contributed by atoms with Crippen LogP contribution in [0.2, 0.25) is 0 Å². The van der Waals surface area contributed by atoms with Gasteiger partial charge in [-0.1, -0.05) is 13.8 Å². The largest absolute Gasteiger partial charge is 0.481 e. The molecule has 20 heavy (non-hydrogen) atoms. The molecule has 0 aliphatic heterocycles. The highest BCUT2D eigenvalue weighted by Gasteiger charge is 2.42. The Bertz CT molecular complexity index is 383. The summed E-state index contributed by atoms with van der Waals surface area (Å²) in [6, 6.07) is 0. The topological polar surface area (TPSA) is 86.7 Å². The molecule has 1 fully saturated rings. The Balaban J connectivity index is 2.82. The second-order valence-electron chi connectivity index (χ2n) is 5.56. The molecule has 0 aromatic rings. The van der Waals surface area contributed by atoms with Crippen LogP contribution >= 0.6 is 0 Å². The Morgan fingerprint density at radius 3 is 2.35 bits per heavy atom. The number of carboxylic acid groups (broad SMARTS) is 1. The predicted molar refractivity (Wildman–Crippen MR) is 74.0 cm³/mol. The molecule has 6 nitrogen and oxygen atoms in total. The SMILES string of the molecule is CCCN(CC(=O)NC)C(=O)[C@H]1CC(C)C[C@H]1C(=O)O. The van der Waals surface area contributed by atoms with E-state index in [9.17, 15) is 19.5 Å².